The SMILES string of the molecule is CC(=O)Nc1ccc(C(=O)NCC(CCO)CC(C)C)cc1. The number of hydrogen-bond acceptors (Lipinski definition) is 3. The maximum atomic E-state index is 12.1. The van der Waals surface area contributed by atoms with E-state index in [4.69, 9.17) is 5.11 Å². The molecular weight excluding hydrogens is 280 g/mol. The second-order valence-electron chi connectivity index (χ2n) is 5.98. The molecule has 0 saturated heterocycles. The average molecular weight is 306 g/mol. The molecule has 0 aliphatic rings. The van der Waals surface area contributed by atoms with Gasteiger partial charge < -0.3 is 15.7 Å². The fraction of sp³-hybridized carbons (Fsp3) is 0.529. The molecule has 0 saturated carbocycles. The molecule has 0 fully saturated rings. The van der Waals surface area contributed by atoms with Crippen molar-refractivity contribution < 1.29 is 14.7 Å². The van der Waals surface area contributed by atoms with Crippen LogP contribution in [0.5, 0.6) is 0 Å². The predicted octanol–water partition coefficient (Wildman–Crippen LogP) is 2.42. The van der Waals surface area contributed by atoms with Crippen molar-refractivity contribution in [3.05, 3.63) is 29.8 Å². The minimum absolute atomic E-state index is 0.138. The topological polar surface area (TPSA) is 78.4 Å². The Kier molecular flexibility index (Phi) is 7.60. The van der Waals surface area contributed by atoms with E-state index < -0.39 is 0 Å². The Morgan fingerprint density at radius 1 is 1.18 bits per heavy atom. The molecule has 1 aromatic rings. The Labute approximate surface area is 132 Å². The van der Waals surface area contributed by atoms with E-state index in [0.29, 0.717) is 30.1 Å². The highest BCUT2D eigenvalue weighted by Gasteiger charge is 2.13. The van der Waals surface area contributed by atoms with Crippen LogP contribution in [0.2, 0.25) is 0 Å². The summed E-state index contributed by atoms with van der Waals surface area (Å²) in [4.78, 5) is 23.1. The highest BCUT2D eigenvalue weighted by molar-refractivity contribution is 5.95. The van der Waals surface area contributed by atoms with E-state index in [1.165, 1.54) is 6.92 Å². The molecule has 1 rings (SSSR count). The lowest BCUT2D eigenvalue weighted by molar-refractivity contribution is -0.114. The zero-order valence-corrected chi connectivity index (χ0v) is 13.6. The van der Waals surface area contributed by atoms with Gasteiger partial charge in [0.2, 0.25) is 5.91 Å². The minimum Gasteiger partial charge on any atom is -0.396 e. The van der Waals surface area contributed by atoms with E-state index in [1.807, 2.05) is 0 Å². The Hall–Kier alpha value is -1.88. The van der Waals surface area contributed by atoms with Crippen LogP contribution in [-0.4, -0.2) is 30.1 Å². The van der Waals surface area contributed by atoms with Crippen molar-refractivity contribution >= 4 is 17.5 Å². The summed E-state index contributed by atoms with van der Waals surface area (Å²) in [6.45, 7) is 6.40. The zero-order chi connectivity index (χ0) is 16.5. The van der Waals surface area contributed by atoms with E-state index in [2.05, 4.69) is 24.5 Å². The van der Waals surface area contributed by atoms with Crippen LogP contribution in [0.4, 0.5) is 5.69 Å². The van der Waals surface area contributed by atoms with Crippen LogP contribution in [0.15, 0.2) is 24.3 Å². The molecule has 22 heavy (non-hydrogen) atoms. The fourth-order valence-electron chi connectivity index (χ4n) is 2.40. The summed E-state index contributed by atoms with van der Waals surface area (Å²) >= 11 is 0. The Morgan fingerprint density at radius 2 is 1.82 bits per heavy atom. The van der Waals surface area contributed by atoms with E-state index in [1.54, 1.807) is 24.3 Å². The number of aliphatic hydroxyl groups excluding tert-OH is 1. The molecule has 0 aromatic heterocycles. The highest BCUT2D eigenvalue weighted by Crippen LogP contribution is 2.15. The third-order valence-corrected chi connectivity index (χ3v) is 3.36. The molecule has 0 radical (unpaired) electrons. The number of nitrogens with one attached hydrogen (secondary N) is 2. The van der Waals surface area contributed by atoms with Crippen molar-refractivity contribution in [2.75, 3.05) is 18.5 Å². The maximum absolute atomic E-state index is 12.1. The van der Waals surface area contributed by atoms with E-state index in [9.17, 15) is 9.59 Å². The molecular formula is C17H26N2O3. The van der Waals surface area contributed by atoms with Crippen LogP contribution in [0.1, 0.15) is 44.0 Å². The number of carbonyl (C=O) groups excluding carboxylic acids is 2. The largest absolute Gasteiger partial charge is 0.396 e. The van der Waals surface area contributed by atoms with Crippen molar-refractivity contribution in [2.24, 2.45) is 11.8 Å². The van der Waals surface area contributed by atoms with Crippen molar-refractivity contribution in [3.8, 4) is 0 Å². The fourth-order valence-corrected chi connectivity index (χ4v) is 2.40. The molecule has 0 heterocycles. The number of carbonyl (C=O) groups is 2. The van der Waals surface area contributed by atoms with Gasteiger partial charge in [-0.05, 0) is 48.9 Å². The number of anilines is 1. The van der Waals surface area contributed by atoms with Gasteiger partial charge in [0, 0.05) is 31.3 Å². The molecule has 0 aliphatic carbocycles. The molecule has 5 heteroatoms. The first kappa shape index (κ1) is 18.2. The molecule has 122 valence electrons. The van der Waals surface area contributed by atoms with Crippen LogP contribution in [0.25, 0.3) is 0 Å². The molecule has 0 bridgehead atoms. The summed E-state index contributed by atoms with van der Waals surface area (Å²) in [5, 5.41) is 14.7. The number of amides is 2. The second-order valence-corrected chi connectivity index (χ2v) is 5.98. The molecule has 1 atom stereocenters. The molecule has 3 N–H and O–H groups in total. The minimum atomic E-state index is -0.141. The predicted molar refractivity (Wildman–Crippen MR) is 87.7 cm³/mol. The van der Waals surface area contributed by atoms with Gasteiger partial charge in [0.05, 0.1) is 0 Å². The van der Waals surface area contributed by atoms with Gasteiger partial charge >= 0.3 is 0 Å². The van der Waals surface area contributed by atoms with Gasteiger partial charge in [-0.3, -0.25) is 9.59 Å². The van der Waals surface area contributed by atoms with Gasteiger partial charge in [0.25, 0.3) is 5.91 Å². The number of hydrogen-bond donors (Lipinski definition) is 3. The van der Waals surface area contributed by atoms with Crippen LogP contribution >= 0.6 is 0 Å². The summed E-state index contributed by atoms with van der Waals surface area (Å²) in [6.07, 6.45) is 1.67. The Balaban J connectivity index is 2.54. The van der Waals surface area contributed by atoms with Gasteiger partial charge in [-0.25, -0.2) is 0 Å². The second kappa shape index (κ2) is 9.20. The Morgan fingerprint density at radius 3 is 2.32 bits per heavy atom. The maximum Gasteiger partial charge on any atom is 0.251 e. The summed E-state index contributed by atoms with van der Waals surface area (Å²) in [7, 11) is 0. The van der Waals surface area contributed by atoms with Crippen molar-refractivity contribution in [2.45, 2.75) is 33.6 Å². The smallest absolute Gasteiger partial charge is 0.251 e. The molecule has 0 spiro atoms. The van der Waals surface area contributed by atoms with Crippen LogP contribution in [0.3, 0.4) is 0 Å². The standard InChI is InChI=1S/C17H26N2O3/c1-12(2)10-14(8-9-20)11-18-17(22)15-4-6-16(7-5-15)19-13(3)21/h4-7,12,14,20H,8-11H2,1-3H3,(H,18,22)(H,19,21). The summed E-state index contributed by atoms with van der Waals surface area (Å²) < 4.78 is 0. The third-order valence-electron chi connectivity index (χ3n) is 3.36. The van der Waals surface area contributed by atoms with E-state index >= 15 is 0 Å². The van der Waals surface area contributed by atoms with E-state index in [-0.39, 0.29) is 24.3 Å². The lowest BCUT2D eigenvalue weighted by Crippen LogP contribution is -2.30. The molecule has 5 nitrogen and oxygen atoms in total. The van der Waals surface area contributed by atoms with Crippen LogP contribution < -0.4 is 10.6 Å². The van der Waals surface area contributed by atoms with Crippen LogP contribution in [0, 0.1) is 11.8 Å². The molecule has 0 aliphatic heterocycles. The van der Waals surface area contributed by atoms with Gasteiger partial charge in [-0.15, -0.1) is 0 Å². The van der Waals surface area contributed by atoms with Gasteiger partial charge in [-0.2, -0.15) is 0 Å². The summed E-state index contributed by atoms with van der Waals surface area (Å²) in [5.41, 5.74) is 1.23. The lowest BCUT2D eigenvalue weighted by Gasteiger charge is -2.18. The van der Waals surface area contributed by atoms with Crippen molar-refractivity contribution in [3.63, 3.8) is 0 Å². The first-order valence-corrected chi connectivity index (χ1v) is 7.69. The summed E-state index contributed by atoms with van der Waals surface area (Å²) in [5.74, 6) is 0.539. The highest BCUT2D eigenvalue weighted by atomic mass is 16.3. The quantitative estimate of drug-likeness (QED) is 0.690. The van der Waals surface area contributed by atoms with Crippen molar-refractivity contribution in [1.29, 1.82) is 0 Å². The Bertz CT molecular complexity index is 483. The third kappa shape index (κ3) is 6.72. The normalized spacial score (nSPS) is 12.0. The molecule has 1 unspecified atom stereocenters. The first-order chi connectivity index (χ1) is 10.4. The zero-order valence-electron chi connectivity index (χ0n) is 13.6. The molecule has 2 amide bonds. The lowest BCUT2D eigenvalue weighted by atomic mass is 9.94. The average Bonchev–Trinajstić information content (AvgIpc) is 2.44. The van der Waals surface area contributed by atoms with Gasteiger partial charge in [-0.1, -0.05) is 13.8 Å². The van der Waals surface area contributed by atoms with Gasteiger partial charge in [0.15, 0.2) is 0 Å². The van der Waals surface area contributed by atoms with Crippen LogP contribution in [-0.2, 0) is 4.79 Å². The summed E-state index contributed by atoms with van der Waals surface area (Å²) in [6, 6.07) is 6.78. The monoisotopic (exact) mass is 306 g/mol. The number of rotatable bonds is 8. The first-order valence-electron chi connectivity index (χ1n) is 7.69. The van der Waals surface area contributed by atoms with Crippen molar-refractivity contribution in [1.82, 2.24) is 5.32 Å². The van der Waals surface area contributed by atoms with E-state index in [0.717, 1.165) is 6.42 Å². The number of aliphatic hydroxyl groups is 1. The number of benzene rings is 1. The van der Waals surface area contributed by atoms with Gasteiger partial charge in [0.1, 0.15) is 0 Å². The molecule has 1 aromatic carbocycles.